The highest BCUT2D eigenvalue weighted by Gasteiger charge is 2.33. The number of hydrogen-bond acceptors (Lipinski definition) is 3. The van der Waals surface area contributed by atoms with Gasteiger partial charge in [0.25, 0.3) is 0 Å². The number of likely N-dealkylation sites (tertiary alicyclic amines) is 1. The van der Waals surface area contributed by atoms with E-state index in [0.29, 0.717) is 24.8 Å². The molecule has 3 rings (SSSR count). The average Bonchev–Trinajstić information content (AvgIpc) is 3.03. The van der Waals surface area contributed by atoms with E-state index >= 15 is 0 Å². The molecular formula is C20H17ClF3N3O. The molecule has 0 saturated carbocycles. The second-order valence-electron chi connectivity index (χ2n) is 6.55. The van der Waals surface area contributed by atoms with Crippen molar-refractivity contribution >= 4 is 23.2 Å². The second kappa shape index (κ2) is 8.11. The van der Waals surface area contributed by atoms with Crippen molar-refractivity contribution in [2.45, 2.75) is 25.9 Å². The fourth-order valence-electron chi connectivity index (χ4n) is 3.38. The highest BCUT2D eigenvalue weighted by atomic mass is 35.5. The summed E-state index contributed by atoms with van der Waals surface area (Å²) in [6.45, 7) is 2.62. The summed E-state index contributed by atoms with van der Waals surface area (Å²) in [5.74, 6) is -3.35. The first kappa shape index (κ1) is 20.0. The van der Waals surface area contributed by atoms with E-state index in [1.54, 1.807) is 15.9 Å². The number of carbonyl (C=O) groups excluding carboxylic acids is 1. The van der Waals surface area contributed by atoms with Gasteiger partial charge in [0.05, 0.1) is 16.6 Å². The van der Waals surface area contributed by atoms with Crippen LogP contribution in [-0.4, -0.2) is 29.9 Å². The zero-order valence-electron chi connectivity index (χ0n) is 15.1. The molecule has 0 radical (unpaired) electrons. The summed E-state index contributed by atoms with van der Waals surface area (Å²) in [5, 5.41) is 9.26. The van der Waals surface area contributed by atoms with Crippen molar-refractivity contribution in [3.63, 3.8) is 0 Å². The van der Waals surface area contributed by atoms with Crippen molar-refractivity contribution < 1.29 is 18.0 Å². The van der Waals surface area contributed by atoms with Gasteiger partial charge in [-0.25, -0.2) is 13.2 Å². The van der Waals surface area contributed by atoms with Crippen LogP contribution in [0.1, 0.15) is 24.5 Å². The summed E-state index contributed by atoms with van der Waals surface area (Å²) in [6.07, 6.45) is 0.185. The molecule has 0 aliphatic carbocycles. The van der Waals surface area contributed by atoms with Crippen LogP contribution in [0, 0.1) is 28.8 Å². The number of benzene rings is 2. The minimum absolute atomic E-state index is 0.0527. The van der Waals surface area contributed by atoms with E-state index in [9.17, 15) is 18.0 Å². The molecule has 0 N–H and O–H groups in total. The van der Waals surface area contributed by atoms with Crippen LogP contribution >= 0.6 is 11.6 Å². The quantitative estimate of drug-likeness (QED) is 0.696. The Morgan fingerprint density at radius 3 is 2.64 bits per heavy atom. The third kappa shape index (κ3) is 3.92. The molecule has 2 aromatic carbocycles. The summed E-state index contributed by atoms with van der Waals surface area (Å²) in [5.41, 5.74) is 0.634. The predicted molar refractivity (Wildman–Crippen MR) is 99.3 cm³/mol. The number of likely N-dealkylation sites (N-methyl/N-ethyl adjacent to an activating group) is 1. The maximum absolute atomic E-state index is 14.2. The van der Waals surface area contributed by atoms with Crippen molar-refractivity contribution in [3.05, 3.63) is 63.9 Å². The van der Waals surface area contributed by atoms with Crippen LogP contribution < -0.4 is 4.90 Å². The smallest absolute Gasteiger partial charge is 0.224 e. The van der Waals surface area contributed by atoms with Gasteiger partial charge in [0.15, 0.2) is 11.6 Å². The van der Waals surface area contributed by atoms with E-state index in [4.69, 9.17) is 16.9 Å². The molecule has 146 valence electrons. The lowest BCUT2D eigenvalue weighted by atomic mass is 10.1. The lowest BCUT2D eigenvalue weighted by molar-refractivity contribution is -0.127. The molecule has 1 aliphatic rings. The van der Waals surface area contributed by atoms with Gasteiger partial charge in [-0.15, -0.1) is 0 Å². The molecule has 1 fully saturated rings. The third-order valence-corrected chi connectivity index (χ3v) is 5.14. The minimum atomic E-state index is -1.27. The first-order chi connectivity index (χ1) is 13.3. The third-order valence-electron chi connectivity index (χ3n) is 4.83. The highest BCUT2D eigenvalue weighted by molar-refractivity contribution is 6.32. The Morgan fingerprint density at radius 2 is 2.04 bits per heavy atom. The first-order valence-electron chi connectivity index (χ1n) is 8.71. The number of nitriles is 1. The zero-order valence-corrected chi connectivity index (χ0v) is 15.8. The van der Waals surface area contributed by atoms with Crippen molar-refractivity contribution in [3.8, 4) is 6.07 Å². The van der Waals surface area contributed by atoms with Gasteiger partial charge in [-0.2, -0.15) is 5.26 Å². The summed E-state index contributed by atoms with van der Waals surface area (Å²) < 4.78 is 41.5. The molecule has 2 aromatic rings. The lowest BCUT2D eigenvalue weighted by Crippen LogP contribution is -2.37. The average molecular weight is 408 g/mol. The maximum atomic E-state index is 14.2. The highest BCUT2D eigenvalue weighted by Crippen LogP contribution is 2.30. The fourth-order valence-corrected chi connectivity index (χ4v) is 3.60. The molecule has 28 heavy (non-hydrogen) atoms. The monoisotopic (exact) mass is 407 g/mol. The SMILES string of the molecule is CCN1C[C@@H](N(Cc2cc(F)cc(F)c2F)c2ccc(C#N)c(Cl)c2)CC1=O. The number of halogens is 4. The standard InChI is InChI=1S/C20H17ClF3N3O/c1-2-26-11-16(8-19(26)28)27(15-4-3-12(9-25)17(21)7-15)10-13-5-14(22)6-18(23)20(13)24/h3-7,16H,2,8,10-11H2,1H3/t16-/m0/s1. The van der Waals surface area contributed by atoms with E-state index in [-0.39, 0.29) is 41.1 Å². The Labute approximate surface area is 165 Å². The van der Waals surface area contributed by atoms with Crippen molar-refractivity contribution in [2.75, 3.05) is 18.0 Å². The minimum Gasteiger partial charge on any atom is -0.362 e. The summed E-state index contributed by atoms with van der Waals surface area (Å²) in [4.78, 5) is 15.5. The Bertz CT molecular complexity index is 960. The fraction of sp³-hybridized carbons (Fsp3) is 0.300. The van der Waals surface area contributed by atoms with Gasteiger partial charge in [-0.3, -0.25) is 4.79 Å². The molecule has 1 saturated heterocycles. The zero-order chi connectivity index (χ0) is 20.4. The Morgan fingerprint density at radius 1 is 1.29 bits per heavy atom. The van der Waals surface area contributed by atoms with Crippen LogP contribution in [0.2, 0.25) is 5.02 Å². The van der Waals surface area contributed by atoms with E-state index in [0.717, 1.165) is 6.07 Å². The Hall–Kier alpha value is -2.72. The molecular weight excluding hydrogens is 391 g/mol. The van der Waals surface area contributed by atoms with Crippen LogP contribution in [0.3, 0.4) is 0 Å². The maximum Gasteiger partial charge on any atom is 0.224 e. The van der Waals surface area contributed by atoms with Crippen LogP contribution in [0.4, 0.5) is 18.9 Å². The number of anilines is 1. The van der Waals surface area contributed by atoms with E-state index in [2.05, 4.69) is 0 Å². The Kier molecular flexibility index (Phi) is 5.80. The summed E-state index contributed by atoms with van der Waals surface area (Å²) in [6, 6.07) is 7.72. The topological polar surface area (TPSA) is 47.3 Å². The molecule has 8 heteroatoms. The molecule has 0 aromatic heterocycles. The van der Waals surface area contributed by atoms with Gasteiger partial charge in [-0.05, 0) is 31.2 Å². The van der Waals surface area contributed by atoms with Gasteiger partial charge in [-0.1, -0.05) is 11.6 Å². The molecule has 0 unspecified atom stereocenters. The van der Waals surface area contributed by atoms with E-state index < -0.39 is 17.5 Å². The van der Waals surface area contributed by atoms with Crippen molar-refractivity contribution in [1.29, 1.82) is 5.26 Å². The van der Waals surface area contributed by atoms with Crippen LogP contribution in [0.5, 0.6) is 0 Å². The van der Waals surface area contributed by atoms with Crippen molar-refractivity contribution in [1.82, 2.24) is 4.90 Å². The van der Waals surface area contributed by atoms with Gasteiger partial charge >= 0.3 is 0 Å². The molecule has 0 bridgehead atoms. The largest absolute Gasteiger partial charge is 0.362 e. The van der Waals surface area contributed by atoms with E-state index in [1.807, 2.05) is 13.0 Å². The number of amides is 1. The van der Waals surface area contributed by atoms with Gasteiger partial charge in [0, 0.05) is 43.4 Å². The van der Waals surface area contributed by atoms with Crippen molar-refractivity contribution in [2.24, 2.45) is 0 Å². The molecule has 1 amide bonds. The number of carbonyl (C=O) groups is 1. The summed E-state index contributed by atoms with van der Waals surface area (Å²) in [7, 11) is 0. The molecule has 0 spiro atoms. The molecule has 1 heterocycles. The number of hydrogen-bond donors (Lipinski definition) is 0. The molecule has 4 nitrogen and oxygen atoms in total. The summed E-state index contributed by atoms with van der Waals surface area (Å²) >= 11 is 6.13. The van der Waals surface area contributed by atoms with E-state index in [1.165, 1.54) is 12.1 Å². The predicted octanol–water partition coefficient (Wildman–Crippen LogP) is 4.26. The van der Waals surface area contributed by atoms with Crippen LogP contribution in [0.15, 0.2) is 30.3 Å². The van der Waals surface area contributed by atoms with Crippen LogP contribution in [0.25, 0.3) is 0 Å². The molecule has 1 atom stereocenters. The van der Waals surface area contributed by atoms with Gasteiger partial charge in [0.1, 0.15) is 11.9 Å². The number of nitrogens with zero attached hydrogens (tertiary/aromatic N) is 3. The lowest BCUT2D eigenvalue weighted by Gasteiger charge is -2.31. The van der Waals surface area contributed by atoms with Gasteiger partial charge in [0.2, 0.25) is 5.91 Å². The van der Waals surface area contributed by atoms with Gasteiger partial charge < -0.3 is 9.80 Å². The molecule has 1 aliphatic heterocycles. The second-order valence-corrected chi connectivity index (χ2v) is 6.96. The first-order valence-corrected chi connectivity index (χ1v) is 9.09. The Balaban J connectivity index is 2.02. The number of rotatable bonds is 5. The normalized spacial score (nSPS) is 16.4. The van der Waals surface area contributed by atoms with Crippen LogP contribution in [-0.2, 0) is 11.3 Å².